The summed E-state index contributed by atoms with van der Waals surface area (Å²) < 4.78 is 0. The molecule has 0 radical (unpaired) electrons. The molecule has 3 saturated carbocycles. The van der Waals surface area contributed by atoms with Gasteiger partial charge < -0.3 is 10.6 Å². The third kappa shape index (κ3) is 1.91. The van der Waals surface area contributed by atoms with Gasteiger partial charge in [0.25, 0.3) is 0 Å². The molecule has 0 bridgehead atoms. The van der Waals surface area contributed by atoms with Gasteiger partial charge in [-0.2, -0.15) is 0 Å². The van der Waals surface area contributed by atoms with Crippen LogP contribution in [0, 0.1) is 34.5 Å². The summed E-state index contributed by atoms with van der Waals surface area (Å²) in [6, 6.07) is 0.328. The summed E-state index contributed by atoms with van der Waals surface area (Å²) >= 11 is 0. The lowest BCUT2D eigenvalue weighted by atomic mass is 9.47. The molecule has 4 rings (SSSR count). The van der Waals surface area contributed by atoms with Gasteiger partial charge in [0.15, 0.2) is 0 Å². The zero-order valence-corrected chi connectivity index (χ0v) is 15.1. The maximum absolute atomic E-state index is 12.1. The van der Waals surface area contributed by atoms with Crippen LogP contribution < -0.4 is 5.73 Å². The summed E-state index contributed by atoms with van der Waals surface area (Å²) in [5.41, 5.74) is 5.90. The predicted molar refractivity (Wildman–Crippen MR) is 92.8 cm³/mol. The maximum atomic E-state index is 12.1. The monoisotopic (exact) mass is 330 g/mol. The number of likely N-dealkylation sites (N-methyl/N-ethyl adjacent to an activating group) is 1. The molecule has 4 heteroatoms. The first kappa shape index (κ1) is 16.2. The zero-order valence-electron chi connectivity index (χ0n) is 15.1. The van der Waals surface area contributed by atoms with Gasteiger partial charge in [0.2, 0.25) is 11.8 Å². The lowest BCUT2D eigenvalue weighted by molar-refractivity contribution is -0.141. The van der Waals surface area contributed by atoms with Gasteiger partial charge in [0, 0.05) is 24.4 Å². The van der Waals surface area contributed by atoms with Crippen molar-refractivity contribution in [2.24, 2.45) is 40.2 Å². The van der Waals surface area contributed by atoms with Crippen LogP contribution in [0.25, 0.3) is 0 Å². The smallest absolute Gasteiger partial charge is 0.246 e. The first-order chi connectivity index (χ1) is 11.3. The minimum Gasteiger partial charge on any atom is -0.369 e. The number of carbonyl (C=O) groups is 2. The first-order valence-electron chi connectivity index (χ1n) is 9.54. The van der Waals surface area contributed by atoms with Crippen molar-refractivity contribution >= 4 is 11.8 Å². The number of primary amides is 1. The van der Waals surface area contributed by atoms with Crippen LogP contribution in [0.5, 0.6) is 0 Å². The molecule has 4 aliphatic rings. The Labute approximate surface area is 144 Å². The molecule has 3 fully saturated rings. The fourth-order valence-electron chi connectivity index (χ4n) is 7.21. The topological polar surface area (TPSA) is 63.4 Å². The Morgan fingerprint density at radius 2 is 1.92 bits per heavy atom. The maximum Gasteiger partial charge on any atom is 0.246 e. The van der Waals surface area contributed by atoms with Crippen molar-refractivity contribution in [3.63, 3.8) is 0 Å². The average Bonchev–Trinajstić information content (AvgIpc) is 2.89. The van der Waals surface area contributed by atoms with E-state index >= 15 is 0 Å². The third-order valence-corrected chi connectivity index (χ3v) is 8.47. The molecule has 0 aromatic rings. The molecule has 1 aliphatic heterocycles. The van der Waals surface area contributed by atoms with Gasteiger partial charge in [0.1, 0.15) is 0 Å². The van der Waals surface area contributed by atoms with Crippen molar-refractivity contribution < 1.29 is 9.59 Å². The molecule has 1 heterocycles. The molecule has 132 valence electrons. The quantitative estimate of drug-likeness (QED) is 0.803. The molecule has 24 heavy (non-hydrogen) atoms. The van der Waals surface area contributed by atoms with Gasteiger partial charge in [-0.1, -0.05) is 19.9 Å². The van der Waals surface area contributed by atoms with Gasteiger partial charge in [-0.3, -0.25) is 9.59 Å². The van der Waals surface area contributed by atoms with Crippen molar-refractivity contribution in [1.82, 2.24) is 4.90 Å². The molecule has 2 N–H and O–H groups in total. The third-order valence-electron chi connectivity index (χ3n) is 8.47. The van der Waals surface area contributed by atoms with E-state index in [0.29, 0.717) is 23.8 Å². The molecule has 0 saturated heterocycles. The van der Waals surface area contributed by atoms with Crippen LogP contribution in [0.2, 0.25) is 0 Å². The highest BCUT2D eigenvalue weighted by Crippen LogP contribution is 2.65. The SMILES string of the molecule is CN1C(=O)C=C[C@@]2(C)C1CC[C@@H]1[C@H]2CC[C@]2(C)C(C(N)=O)CC[C@@H]12. The number of fused-ring (bicyclic) bond motifs is 5. The Balaban J connectivity index is 1.68. The van der Waals surface area contributed by atoms with Crippen LogP contribution in [-0.4, -0.2) is 29.8 Å². The summed E-state index contributed by atoms with van der Waals surface area (Å²) in [4.78, 5) is 26.0. The largest absolute Gasteiger partial charge is 0.369 e. The fourth-order valence-corrected chi connectivity index (χ4v) is 7.21. The highest BCUT2D eigenvalue weighted by Gasteiger charge is 2.61. The molecule has 3 aliphatic carbocycles. The second kappa shape index (κ2) is 5.09. The van der Waals surface area contributed by atoms with Gasteiger partial charge in [-0.25, -0.2) is 0 Å². The number of nitrogens with two attached hydrogens (primary N) is 1. The highest BCUT2D eigenvalue weighted by molar-refractivity contribution is 5.89. The predicted octanol–water partition coefficient (Wildman–Crippen LogP) is 2.73. The normalized spacial score (nSPS) is 50.2. The molecule has 7 atom stereocenters. The van der Waals surface area contributed by atoms with Crippen LogP contribution in [0.15, 0.2) is 12.2 Å². The van der Waals surface area contributed by atoms with Crippen LogP contribution in [-0.2, 0) is 9.59 Å². The van der Waals surface area contributed by atoms with Crippen molar-refractivity contribution in [3.05, 3.63) is 12.2 Å². The Bertz CT molecular complexity index is 615. The molecule has 2 unspecified atom stereocenters. The van der Waals surface area contributed by atoms with Crippen LogP contribution >= 0.6 is 0 Å². The fraction of sp³-hybridized carbons (Fsp3) is 0.800. The number of hydrogen-bond donors (Lipinski definition) is 1. The minimum absolute atomic E-state index is 0.0557. The summed E-state index contributed by atoms with van der Waals surface area (Å²) in [5, 5.41) is 0. The summed E-state index contributed by atoms with van der Waals surface area (Å²) in [6.45, 7) is 4.67. The first-order valence-corrected chi connectivity index (χ1v) is 9.54. The lowest BCUT2D eigenvalue weighted by Gasteiger charge is -2.60. The molecule has 0 aromatic heterocycles. The van der Waals surface area contributed by atoms with Crippen LogP contribution in [0.3, 0.4) is 0 Å². The van der Waals surface area contributed by atoms with Gasteiger partial charge >= 0.3 is 0 Å². The summed E-state index contributed by atoms with van der Waals surface area (Å²) in [6.07, 6.45) is 10.6. The lowest BCUT2D eigenvalue weighted by Crippen LogP contribution is -2.59. The van der Waals surface area contributed by atoms with E-state index in [1.165, 1.54) is 6.42 Å². The number of amides is 2. The van der Waals surface area contributed by atoms with E-state index in [2.05, 4.69) is 19.9 Å². The van der Waals surface area contributed by atoms with Crippen molar-refractivity contribution in [1.29, 1.82) is 0 Å². The van der Waals surface area contributed by atoms with E-state index in [0.717, 1.165) is 32.1 Å². The van der Waals surface area contributed by atoms with E-state index in [-0.39, 0.29) is 28.6 Å². The molecular formula is C20H30N2O2. The summed E-state index contributed by atoms with van der Waals surface area (Å²) in [7, 11) is 1.96. The van der Waals surface area contributed by atoms with E-state index in [4.69, 9.17) is 5.73 Å². The van der Waals surface area contributed by atoms with Crippen molar-refractivity contribution in [3.8, 4) is 0 Å². The van der Waals surface area contributed by atoms with Crippen LogP contribution in [0.1, 0.15) is 52.4 Å². The van der Waals surface area contributed by atoms with Crippen molar-refractivity contribution in [2.75, 3.05) is 7.05 Å². The van der Waals surface area contributed by atoms with Gasteiger partial charge in [-0.15, -0.1) is 0 Å². The average molecular weight is 330 g/mol. The number of carbonyl (C=O) groups excluding carboxylic acids is 2. The highest BCUT2D eigenvalue weighted by atomic mass is 16.2. The zero-order chi connectivity index (χ0) is 17.3. The number of rotatable bonds is 1. The van der Waals surface area contributed by atoms with Gasteiger partial charge in [0.05, 0.1) is 0 Å². The molecule has 2 amide bonds. The molecule has 0 spiro atoms. The Morgan fingerprint density at radius 3 is 2.62 bits per heavy atom. The Kier molecular flexibility index (Phi) is 3.43. The summed E-state index contributed by atoms with van der Waals surface area (Å²) in [5.74, 6) is 2.00. The number of hydrogen-bond acceptors (Lipinski definition) is 2. The van der Waals surface area contributed by atoms with E-state index < -0.39 is 0 Å². The van der Waals surface area contributed by atoms with E-state index in [1.807, 2.05) is 11.9 Å². The second-order valence-electron chi connectivity index (χ2n) is 9.20. The Morgan fingerprint density at radius 1 is 1.17 bits per heavy atom. The molecular weight excluding hydrogens is 300 g/mol. The van der Waals surface area contributed by atoms with Gasteiger partial charge in [-0.05, 0) is 67.8 Å². The van der Waals surface area contributed by atoms with E-state index in [9.17, 15) is 9.59 Å². The Hall–Kier alpha value is -1.32. The van der Waals surface area contributed by atoms with Crippen molar-refractivity contribution in [2.45, 2.75) is 58.4 Å². The second-order valence-corrected chi connectivity index (χ2v) is 9.20. The minimum atomic E-state index is -0.0961. The molecule has 4 nitrogen and oxygen atoms in total. The molecule has 0 aromatic carbocycles. The standard InChI is InChI=1S/C20H30N2O2/c1-19-10-8-14-12(13(19)5-6-15(19)18(21)24)4-7-16-20(14,2)11-9-17(23)22(16)3/h9,11-16H,4-8,10H2,1-3H3,(H2,21,24)/t12-,13-,14+,15?,16?,19-,20+/m0/s1. The number of nitrogens with zero attached hydrogens (tertiary/aromatic N) is 1. The van der Waals surface area contributed by atoms with E-state index in [1.54, 1.807) is 6.08 Å². The van der Waals surface area contributed by atoms with Crippen LogP contribution in [0.4, 0.5) is 0 Å².